The summed E-state index contributed by atoms with van der Waals surface area (Å²) in [6, 6.07) is 9.69. The first-order valence-electron chi connectivity index (χ1n) is 9.57. The average Bonchev–Trinajstić information content (AvgIpc) is 3.12. The van der Waals surface area contributed by atoms with E-state index in [0.717, 1.165) is 24.1 Å². The van der Waals surface area contributed by atoms with Gasteiger partial charge in [0.15, 0.2) is 11.5 Å². The van der Waals surface area contributed by atoms with Gasteiger partial charge in [-0.05, 0) is 72.2 Å². The number of rotatable bonds is 7. The first-order chi connectivity index (χ1) is 13.5. The Balaban J connectivity index is 1.69. The molecule has 2 aromatic rings. The molecular formula is C23H26ClNO3. The molecule has 1 amide bonds. The van der Waals surface area contributed by atoms with Gasteiger partial charge < -0.3 is 14.8 Å². The molecule has 3 rings (SSSR count). The second kappa shape index (κ2) is 9.16. The maximum Gasteiger partial charge on any atom is 0.248 e. The van der Waals surface area contributed by atoms with Crippen LogP contribution in [0.4, 0.5) is 5.69 Å². The highest BCUT2D eigenvalue weighted by Gasteiger charge is 2.13. The van der Waals surface area contributed by atoms with Crippen LogP contribution in [0.1, 0.15) is 37.0 Å². The van der Waals surface area contributed by atoms with Crippen LogP contribution in [0.2, 0.25) is 5.02 Å². The van der Waals surface area contributed by atoms with Crippen molar-refractivity contribution >= 4 is 29.3 Å². The smallest absolute Gasteiger partial charge is 0.248 e. The lowest BCUT2D eigenvalue weighted by atomic mass is 10.1. The molecule has 4 nitrogen and oxygen atoms in total. The first kappa shape index (κ1) is 20.3. The van der Waals surface area contributed by atoms with Gasteiger partial charge in [0.25, 0.3) is 0 Å². The molecule has 0 saturated carbocycles. The summed E-state index contributed by atoms with van der Waals surface area (Å²) in [7, 11) is 1.57. The summed E-state index contributed by atoms with van der Waals surface area (Å²) in [5.74, 6) is 1.26. The van der Waals surface area contributed by atoms with Crippen molar-refractivity contribution in [3.63, 3.8) is 0 Å². The molecular weight excluding hydrogens is 374 g/mol. The van der Waals surface area contributed by atoms with Crippen LogP contribution in [-0.2, 0) is 17.6 Å². The molecule has 5 heteroatoms. The summed E-state index contributed by atoms with van der Waals surface area (Å²) in [6.45, 7) is 4.68. The van der Waals surface area contributed by atoms with Crippen LogP contribution in [0, 0.1) is 5.92 Å². The number of hydrogen-bond donors (Lipinski definition) is 1. The lowest BCUT2D eigenvalue weighted by Gasteiger charge is -2.14. The largest absolute Gasteiger partial charge is 0.493 e. The van der Waals surface area contributed by atoms with Gasteiger partial charge in [-0.25, -0.2) is 0 Å². The first-order valence-corrected chi connectivity index (χ1v) is 9.95. The molecule has 1 aliphatic carbocycles. The number of fused-ring (bicyclic) bond motifs is 1. The molecule has 1 aliphatic rings. The predicted molar refractivity (Wildman–Crippen MR) is 114 cm³/mol. The molecule has 2 aromatic carbocycles. The number of carbonyl (C=O) groups excluding carboxylic acids is 1. The summed E-state index contributed by atoms with van der Waals surface area (Å²) in [5.41, 5.74) is 4.30. The van der Waals surface area contributed by atoms with Gasteiger partial charge >= 0.3 is 0 Å². The Morgan fingerprint density at radius 1 is 1.21 bits per heavy atom. The molecule has 0 saturated heterocycles. The van der Waals surface area contributed by atoms with Crippen molar-refractivity contribution in [3.8, 4) is 11.5 Å². The van der Waals surface area contributed by atoms with E-state index in [0.29, 0.717) is 29.0 Å². The third kappa shape index (κ3) is 5.08. The van der Waals surface area contributed by atoms with Gasteiger partial charge in [0.05, 0.1) is 18.7 Å². The minimum absolute atomic E-state index is 0.187. The number of hydrogen-bond acceptors (Lipinski definition) is 3. The van der Waals surface area contributed by atoms with Crippen molar-refractivity contribution in [3.05, 3.63) is 58.1 Å². The van der Waals surface area contributed by atoms with Crippen molar-refractivity contribution < 1.29 is 14.3 Å². The van der Waals surface area contributed by atoms with E-state index in [2.05, 4.69) is 31.3 Å². The molecule has 0 heterocycles. The minimum Gasteiger partial charge on any atom is -0.493 e. The standard InChI is InChI=1S/C23H26ClNO3/c1-15(2)14-28-23-20(24)11-16(12-21(23)27-3)7-10-22(26)25-19-9-8-17-5-4-6-18(17)13-19/h7-13,15H,4-6,14H2,1-3H3,(H,25,26)/b10-7+. The Morgan fingerprint density at radius 2 is 2.00 bits per heavy atom. The molecule has 0 spiro atoms. The highest BCUT2D eigenvalue weighted by Crippen LogP contribution is 2.37. The van der Waals surface area contributed by atoms with E-state index in [1.807, 2.05) is 6.07 Å². The lowest BCUT2D eigenvalue weighted by molar-refractivity contribution is -0.111. The molecule has 0 aromatic heterocycles. The van der Waals surface area contributed by atoms with E-state index >= 15 is 0 Å². The van der Waals surface area contributed by atoms with Crippen molar-refractivity contribution in [2.75, 3.05) is 19.0 Å². The zero-order valence-corrected chi connectivity index (χ0v) is 17.3. The van der Waals surface area contributed by atoms with Crippen molar-refractivity contribution in [1.29, 1.82) is 0 Å². The third-order valence-electron chi connectivity index (χ3n) is 4.61. The van der Waals surface area contributed by atoms with Crippen LogP contribution in [0.3, 0.4) is 0 Å². The third-order valence-corrected chi connectivity index (χ3v) is 4.89. The number of halogens is 1. The van der Waals surface area contributed by atoms with Crippen molar-refractivity contribution in [2.24, 2.45) is 5.92 Å². The average molecular weight is 400 g/mol. The van der Waals surface area contributed by atoms with Crippen LogP contribution in [-0.4, -0.2) is 19.6 Å². The zero-order valence-electron chi connectivity index (χ0n) is 16.5. The minimum atomic E-state index is -0.187. The molecule has 28 heavy (non-hydrogen) atoms. The van der Waals surface area contributed by atoms with E-state index < -0.39 is 0 Å². The number of aryl methyl sites for hydroxylation is 2. The van der Waals surface area contributed by atoms with E-state index in [9.17, 15) is 4.79 Å². The molecule has 0 bridgehead atoms. The Morgan fingerprint density at radius 3 is 2.75 bits per heavy atom. The van der Waals surface area contributed by atoms with Gasteiger partial charge in [0.2, 0.25) is 5.91 Å². The number of anilines is 1. The van der Waals surface area contributed by atoms with Crippen LogP contribution < -0.4 is 14.8 Å². The normalized spacial score (nSPS) is 13.0. The van der Waals surface area contributed by atoms with Crippen LogP contribution >= 0.6 is 11.6 Å². The molecule has 0 radical (unpaired) electrons. The number of nitrogens with one attached hydrogen (secondary N) is 1. The van der Waals surface area contributed by atoms with Gasteiger partial charge in [0.1, 0.15) is 0 Å². The molecule has 0 fully saturated rings. The number of methoxy groups -OCH3 is 1. The second-order valence-electron chi connectivity index (χ2n) is 7.40. The van der Waals surface area contributed by atoms with Crippen molar-refractivity contribution in [2.45, 2.75) is 33.1 Å². The molecule has 0 atom stereocenters. The number of amides is 1. The monoisotopic (exact) mass is 399 g/mol. The number of carbonyl (C=O) groups is 1. The molecule has 0 unspecified atom stereocenters. The summed E-state index contributed by atoms with van der Waals surface area (Å²) < 4.78 is 11.2. The van der Waals surface area contributed by atoms with Crippen LogP contribution in [0.15, 0.2) is 36.4 Å². The van der Waals surface area contributed by atoms with E-state index in [4.69, 9.17) is 21.1 Å². The van der Waals surface area contributed by atoms with Gasteiger partial charge in [-0.3, -0.25) is 4.79 Å². The molecule has 1 N–H and O–H groups in total. The van der Waals surface area contributed by atoms with Crippen molar-refractivity contribution in [1.82, 2.24) is 0 Å². The van der Waals surface area contributed by atoms with Crippen LogP contribution in [0.5, 0.6) is 11.5 Å². The fourth-order valence-corrected chi connectivity index (χ4v) is 3.51. The maximum absolute atomic E-state index is 12.3. The van der Waals surface area contributed by atoms with Gasteiger partial charge in [-0.2, -0.15) is 0 Å². The Hall–Kier alpha value is -2.46. The summed E-state index contributed by atoms with van der Waals surface area (Å²) in [4.78, 5) is 12.3. The van der Waals surface area contributed by atoms with Gasteiger partial charge in [0, 0.05) is 11.8 Å². The maximum atomic E-state index is 12.3. The topological polar surface area (TPSA) is 47.6 Å². The fourth-order valence-electron chi connectivity index (χ4n) is 3.23. The quantitative estimate of drug-likeness (QED) is 0.623. The molecule has 148 valence electrons. The summed E-state index contributed by atoms with van der Waals surface area (Å²) in [6.07, 6.45) is 6.60. The number of ether oxygens (including phenoxy) is 2. The second-order valence-corrected chi connectivity index (χ2v) is 7.81. The van der Waals surface area contributed by atoms with E-state index in [1.54, 1.807) is 25.3 Å². The highest BCUT2D eigenvalue weighted by molar-refractivity contribution is 6.32. The Bertz CT molecular complexity index is 890. The Labute approximate surface area is 171 Å². The fraction of sp³-hybridized carbons (Fsp3) is 0.348. The van der Waals surface area contributed by atoms with E-state index in [1.165, 1.54) is 23.6 Å². The van der Waals surface area contributed by atoms with Gasteiger partial charge in [-0.15, -0.1) is 0 Å². The SMILES string of the molecule is COc1cc(/C=C/C(=O)Nc2ccc3c(c2)CCC3)cc(Cl)c1OCC(C)C. The summed E-state index contributed by atoms with van der Waals surface area (Å²) in [5, 5.41) is 3.37. The highest BCUT2D eigenvalue weighted by atomic mass is 35.5. The lowest BCUT2D eigenvalue weighted by Crippen LogP contribution is -2.08. The van der Waals surface area contributed by atoms with E-state index in [-0.39, 0.29) is 5.91 Å². The Kier molecular flexibility index (Phi) is 6.63. The zero-order chi connectivity index (χ0) is 20.1. The molecule has 0 aliphatic heterocycles. The van der Waals surface area contributed by atoms with Gasteiger partial charge in [-0.1, -0.05) is 31.5 Å². The summed E-state index contributed by atoms with van der Waals surface area (Å²) >= 11 is 6.36. The predicted octanol–water partition coefficient (Wildman–Crippen LogP) is 5.52. The number of benzene rings is 2. The van der Waals surface area contributed by atoms with Crippen LogP contribution in [0.25, 0.3) is 6.08 Å².